The van der Waals surface area contributed by atoms with Gasteiger partial charge in [0.05, 0.1) is 11.1 Å². The quantitative estimate of drug-likeness (QED) is 0.395. The van der Waals surface area contributed by atoms with Gasteiger partial charge in [-0.2, -0.15) is 13.2 Å². The summed E-state index contributed by atoms with van der Waals surface area (Å²) in [5, 5.41) is 14.0. The molecule has 2 aromatic carbocycles. The Balaban J connectivity index is 0.000000559. The maximum atomic E-state index is 14.8. The molecule has 2 heterocycles. The summed E-state index contributed by atoms with van der Waals surface area (Å²) in [5.74, 6) is -4.41. The van der Waals surface area contributed by atoms with Gasteiger partial charge in [0.2, 0.25) is 11.8 Å². The van der Waals surface area contributed by atoms with Crippen molar-refractivity contribution in [2.24, 2.45) is 5.41 Å². The first kappa shape index (κ1) is 31.6. The van der Waals surface area contributed by atoms with Gasteiger partial charge < -0.3 is 20.6 Å². The summed E-state index contributed by atoms with van der Waals surface area (Å²) in [6.45, 7) is 6.23. The minimum atomic E-state index is -5.08. The summed E-state index contributed by atoms with van der Waals surface area (Å²) >= 11 is 12.4. The van der Waals surface area contributed by atoms with E-state index >= 15 is 0 Å². The Bertz CT molecular complexity index is 1330. The molecule has 0 saturated carbocycles. The molecule has 2 aliphatic rings. The van der Waals surface area contributed by atoms with Crippen molar-refractivity contribution in [2.75, 3.05) is 19.4 Å². The highest BCUT2D eigenvalue weighted by Gasteiger charge is 2.66. The number of hydrogen-bond acceptors (Lipinski definition) is 4. The molecule has 218 valence electrons. The number of anilines is 1. The summed E-state index contributed by atoms with van der Waals surface area (Å²) in [6, 6.07) is 8.84. The van der Waals surface area contributed by atoms with Crippen molar-refractivity contribution < 1.29 is 37.1 Å². The smallest absolute Gasteiger partial charge is 0.475 e. The van der Waals surface area contributed by atoms with Crippen LogP contribution in [-0.4, -0.2) is 60.1 Å². The van der Waals surface area contributed by atoms with Gasteiger partial charge in [-0.05, 0) is 47.2 Å². The third-order valence-corrected chi connectivity index (χ3v) is 7.38. The van der Waals surface area contributed by atoms with Gasteiger partial charge in [-0.25, -0.2) is 9.18 Å². The summed E-state index contributed by atoms with van der Waals surface area (Å²) in [5.41, 5.74) is 0.320. The van der Waals surface area contributed by atoms with E-state index in [9.17, 15) is 27.2 Å². The third kappa shape index (κ3) is 6.06. The largest absolute Gasteiger partial charge is 0.490 e. The number of carboxylic acids is 1. The van der Waals surface area contributed by atoms with E-state index in [-0.39, 0.29) is 22.3 Å². The standard InChI is InChI=1S/C25H28Cl2FN3O2.C2HF3O2/c1-24(2,3)12-19-25(15-10-17(28)16(27)11-18(15)29-23(25)33)20(13-7-6-8-14(26)9-13)21(30-19)22(32)31(4)5;3-2(4,5)1(6)7/h6-11,19-21,30H,12H2,1-5H3,(H,29,33);(H,6,7)/t19-,20-,21+,25+;/m0./s1. The molecule has 13 heteroatoms. The van der Waals surface area contributed by atoms with Crippen molar-refractivity contribution in [3.05, 3.63) is 63.4 Å². The number of halogens is 6. The van der Waals surface area contributed by atoms with Gasteiger partial charge in [0.25, 0.3) is 0 Å². The number of carboxylic acid groups (broad SMARTS) is 1. The van der Waals surface area contributed by atoms with E-state index in [0.717, 1.165) is 5.56 Å². The maximum Gasteiger partial charge on any atom is 0.490 e. The summed E-state index contributed by atoms with van der Waals surface area (Å²) in [7, 11) is 3.37. The molecule has 2 aromatic rings. The molecule has 40 heavy (non-hydrogen) atoms. The van der Waals surface area contributed by atoms with Crippen LogP contribution < -0.4 is 10.6 Å². The number of likely N-dealkylation sites (N-methyl/N-ethyl adjacent to an activating group) is 1. The Morgan fingerprint density at radius 3 is 2.20 bits per heavy atom. The highest BCUT2D eigenvalue weighted by molar-refractivity contribution is 6.31. The second kappa shape index (κ2) is 11.2. The number of carbonyl (C=O) groups excluding carboxylic acids is 2. The lowest BCUT2D eigenvalue weighted by Crippen LogP contribution is -2.49. The van der Waals surface area contributed by atoms with Gasteiger partial charge in [-0.3, -0.25) is 9.59 Å². The average molecular weight is 606 g/mol. The first-order chi connectivity index (χ1) is 18.3. The Hall–Kier alpha value is -2.89. The van der Waals surface area contributed by atoms with Gasteiger partial charge >= 0.3 is 12.1 Å². The number of fused-ring (bicyclic) bond motifs is 2. The molecule has 3 N–H and O–H groups in total. The van der Waals surface area contributed by atoms with Gasteiger partial charge in [0, 0.05) is 36.8 Å². The van der Waals surface area contributed by atoms with Crippen molar-refractivity contribution >= 4 is 46.7 Å². The minimum absolute atomic E-state index is 0.0651. The first-order valence-electron chi connectivity index (χ1n) is 12.1. The number of aliphatic carboxylic acids is 1. The van der Waals surface area contributed by atoms with E-state index in [1.807, 2.05) is 6.07 Å². The number of amides is 2. The summed E-state index contributed by atoms with van der Waals surface area (Å²) in [6.07, 6.45) is -4.50. The van der Waals surface area contributed by atoms with E-state index in [1.165, 1.54) is 17.0 Å². The van der Waals surface area contributed by atoms with Crippen LogP contribution in [0.3, 0.4) is 0 Å². The highest BCUT2D eigenvalue weighted by Crippen LogP contribution is 2.57. The normalized spacial score (nSPS) is 23.8. The molecule has 2 amide bonds. The van der Waals surface area contributed by atoms with Crippen LogP contribution in [0.15, 0.2) is 36.4 Å². The molecular formula is C27H29Cl2F4N3O4. The van der Waals surface area contributed by atoms with Crippen molar-refractivity contribution in [3.63, 3.8) is 0 Å². The van der Waals surface area contributed by atoms with Crippen molar-refractivity contribution in [3.8, 4) is 0 Å². The summed E-state index contributed by atoms with van der Waals surface area (Å²) in [4.78, 5) is 37.7. The number of hydrogen-bond donors (Lipinski definition) is 3. The lowest BCUT2D eigenvalue weighted by atomic mass is 9.62. The second-order valence-electron chi connectivity index (χ2n) is 11.2. The van der Waals surface area contributed by atoms with Crippen molar-refractivity contribution in [1.82, 2.24) is 10.2 Å². The van der Waals surface area contributed by atoms with Gasteiger partial charge in [0.1, 0.15) is 11.2 Å². The van der Waals surface area contributed by atoms with E-state index in [0.29, 0.717) is 22.7 Å². The first-order valence-corrected chi connectivity index (χ1v) is 12.9. The van der Waals surface area contributed by atoms with Crippen LogP contribution in [0.4, 0.5) is 23.2 Å². The van der Waals surface area contributed by atoms with Crippen molar-refractivity contribution in [2.45, 2.75) is 56.8 Å². The Kier molecular flexibility index (Phi) is 8.84. The molecule has 4 atom stereocenters. The van der Waals surface area contributed by atoms with Gasteiger partial charge in [0.15, 0.2) is 0 Å². The Morgan fingerprint density at radius 1 is 1.10 bits per heavy atom. The minimum Gasteiger partial charge on any atom is -0.475 e. The average Bonchev–Trinajstić information content (AvgIpc) is 3.27. The lowest BCUT2D eigenvalue weighted by Gasteiger charge is -2.37. The van der Waals surface area contributed by atoms with E-state index < -0.39 is 41.4 Å². The van der Waals surface area contributed by atoms with Crippen LogP contribution in [0.2, 0.25) is 10.0 Å². The number of nitrogens with one attached hydrogen (secondary N) is 2. The van der Waals surface area contributed by atoms with Gasteiger partial charge in [-0.1, -0.05) is 56.1 Å². The van der Waals surface area contributed by atoms with Crippen LogP contribution in [0.1, 0.15) is 44.2 Å². The lowest BCUT2D eigenvalue weighted by molar-refractivity contribution is -0.192. The van der Waals surface area contributed by atoms with Crippen LogP contribution in [0.5, 0.6) is 0 Å². The molecule has 0 bridgehead atoms. The second-order valence-corrected chi connectivity index (χ2v) is 12.0. The topological polar surface area (TPSA) is 98.7 Å². The molecule has 1 spiro atoms. The van der Waals surface area contributed by atoms with E-state index in [2.05, 4.69) is 31.4 Å². The van der Waals surface area contributed by atoms with Crippen LogP contribution >= 0.6 is 23.2 Å². The number of nitrogens with zero attached hydrogens (tertiary/aromatic N) is 1. The van der Waals surface area contributed by atoms with Gasteiger partial charge in [-0.15, -0.1) is 0 Å². The molecule has 0 aliphatic carbocycles. The molecule has 7 nitrogen and oxygen atoms in total. The zero-order chi connectivity index (χ0) is 30.4. The predicted octanol–water partition coefficient (Wildman–Crippen LogP) is 5.60. The zero-order valence-corrected chi connectivity index (χ0v) is 23.8. The highest BCUT2D eigenvalue weighted by atomic mass is 35.5. The fourth-order valence-corrected chi connectivity index (χ4v) is 5.76. The SMILES string of the molecule is CN(C)C(=O)[C@@H]1N[C@@H](CC(C)(C)C)[C@@]2(C(=O)Nc3cc(Cl)c(F)cc32)[C@H]1c1cccc(Cl)c1.O=C(O)C(F)(F)F. The van der Waals surface area contributed by atoms with E-state index in [1.54, 1.807) is 32.3 Å². The maximum absolute atomic E-state index is 14.8. The Labute approximate surface area is 238 Å². The molecule has 4 rings (SSSR count). The molecule has 0 aromatic heterocycles. The van der Waals surface area contributed by atoms with Crippen LogP contribution in [-0.2, 0) is 19.8 Å². The fraction of sp³-hybridized carbons (Fsp3) is 0.444. The molecule has 2 aliphatic heterocycles. The molecular weight excluding hydrogens is 577 g/mol. The Morgan fingerprint density at radius 2 is 1.70 bits per heavy atom. The monoisotopic (exact) mass is 605 g/mol. The van der Waals surface area contributed by atoms with Crippen molar-refractivity contribution in [1.29, 1.82) is 0 Å². The number of rotatable bonds is 3. The zero-order valence-electron chi connectivity index (χ0n) is 22.3. The van der Waals surface area contributed by atoms with E-state index in [4.69, 9.17) is 33.1 Å². The molecule has 1 fully saturated rings. The molecule has 1 saturated heterocycles. The molecule has 0 unspecified atom stereocenters. The number of alkyl halides is 3. The fourth-order valence-electron chi connectivity index (χ4n) is 5.40. The van der Waals surface area contributed by atoms with Crippen LogP contribution in [0, 0.1) is 11.2 Å². The third-order valence-electron chi connectivity index (χ3n) is 6.86. The van der Waals surface area contributed by atoms with Crippen LogP contribution in [0.25, 0.3) is 0 Å². The molecule has 0 radical (unpaired) electrons. The number of benzene rings is 2. The summed E-state index contributed by atoms with van der Waals surface area (Å²) < 4.78 is 46.5. The number of carbonyl (C=O) groups is 3. The predicted molar refractivity (Wildman–Crippen MR) is 143 cm³/mol.